The maximum atomic E-state index is 7.83. The lowest BCUT2D eigenvalue weighted by Gasteiger charge is -2.23. The first-order valence-corrected chi connectivity index (χ1v) is 10.4. The Bertz CT molecular complexity index is 859. The Morgan fingerprint density at radius 2 is 1.93 bits per heavy atom. The molecule has 0 bridgehead atoms. The number of allylic oxidation sites excluding steroid dienone is 1. The second-order valence-electron chi connectivity index (χ2n) is 6.95. The Balaban J connectivity index is 1.78. The number of benzene rings is 2. The van der Waals surface area contributed by atoms with Gasteiger partial charge >= 0.3 is 0 Å². The number of halogens is 2. The topological polar surface area (TPSA) is 83.2 Å². The van der Waals surface area contributed by atoms with Crippen LogP contribution in [0.15, 0.2) is 42.6 Å². The summed E-state index contributed by atoms with van der Waals surface area (Å²) in [4.78, 5) is 0. The van der Waals surface area contributed by atoms with Gasteiger partial charge in [-0.25, -0.2) is 0 Å². The van der Waals surface area contributed by atoms with E-state index in [0.29, 0.717) is 28.4 Å². The zero-order valence-electron chi connectivity index (χ0n) is 16.2. The second kappa shape index (κ2) is 10.6. The number of nitrogens with two attached hydrogens (primary N) is 1. The summed E-state index contributed by atoms with van der Waals surface area (Å²) in [6.45, 7) is 2.62. The average Bonchev–Trinajstić information content (AvgIpc) is 2.74. The number of nitrogens with one attached hydrogen (secondary N) is 3. The van der Waals surface area contributed by atoms with Gasteiger partial charge in [0.1, 0.15) is 12.4 Å². The molecular weight excluding hydrogens is 407 g/mol. The third kappa shape index (κ3) is 5.73. The fraction of sp³-hybridized carbons (Fsp3) is 0.318. The molecule has 1 aliphatic heterocycles. The zero-order chi connectivity index (χ0) is 20.6. The molecule has 3 rings (SSSR count). The van der Waals surface area contributed by atoms with E-state index in [1.807, 2.05) is 24.4 Å². The van der Waals surface area contributed by atoms with Gasteiger partial charge in [-0.3, -0.25) is 0 Å². The minimum atomic E-state index is 0.242. The van der Waals surface area contributed by atoms with Crippen molar-refractivity contribution in [2.24, 2.45) is 5.73 Å². The van der Waals surface area contributed by atoms with E-state index in [1.165, 1.54) is 6.21 Å². The molecule has 5 N–H and O–H groups in total. The van der Waals surface area contributed by atoms with Gasteiger partial charge in [0.2, 0.25) is 0 Å². The fourth-order valence-corrected chi connectivity index (χ4v) is 3.77. The lowest BCUT2D eigenvalue weighted by molar-refractivity contribution is 0.303. The molecule has 0 saturated carbocycles. The number of hydrogen-bond donors (Lipinski definition) is 4. The van der Waals surface area contributed by atoms with Crippen LogP contribution in [0.5, 0.6) is 5.75 Å². The van der Waals surface area contributed by atoms with Crippen LogP contribution in [0.4, 0.5) is 0 Å². The van der Waals surface area contributed by atoms with E-state index in [9.17, 15) is 0 Å². The second-order valence-corrected chi connectivity index (χ2v) is 7.76. The van der Waals surface area contributed by atoms with E-state index in [2.05, 4.69) is 10.6 Å². The van der Waals surface area contributed by atoms with Crippen LogP contribution < -0.4 is 21.1 Å². The van der Waals surface area contributed by atoms with Crippen molar-refractivity contribution in [3.8, 4) is 5.75 Å². The minimum absolute atomic E-state index is 0.242. The van der Waals surface area contributed by atoms with E-state index < -0.39 is 0 Å². The van der Waals surface area contributed by atoms with Crippen molar-refractivity contribution in [3.05, 3.63) is 69.3 Å². The summed E-state index contributed by atoms with van der Waals surface area (Å²) in [5.41, 5.74) is 9.17. The quantitative estimate of drug-likeness (QED) is 0.466. The van der Waals surface area contributed by atoms with Gasteiger partial charge in [0.25, 0.3) is 0 Å². The molecule has 0 spiro atoms. The van der Waals surface area contributed by atoms with Gasteiger partial charge in [-0.1, -0.05) is 41.4 Å². The predicted octanol–water partition coefficient (Wildman–Crippen LogP) is 4.36. The third-order valence-corrected chi connectivity index (χ3v) is 5.73. The van der Waals surface area contributed by atoms with Crippen LogP contribution in [0.3, 0.4) is 0 Å². The van der Waals surface area contributed by atoms with Crippen LogP contribution in [-0.4, -0.2) is 25.3 Å². The highest BCUT2D eigenvalue weighted by Crippen LogP contribution is 2.29. The van der Waals surface area contributed by atoms with Crippen molar-refractivity contribution < 1.29 is 4.74 Å². The smallest absolute Gasteiger partial charge is 0.124 e. The lowest BCUT2D eigenvalue weighted by Crippen LogP contribution is -2.37. The molecule has 2 aromatic carbocycles. The van der Waals surface area contributed by atoms with Crippen LogP contribution in [0.2, 0.25) is 10.0 Å². The summed E-state index contributed by atoms with van der Waals surface area (Å²) in [5.74, 6) is 0.663. The maximum Gasteiger partial charge on any atom is 0.124 e. The molecule has 29 heavy (non-hydrogen) atoms. The van der Waals surface area contributed by atoms with Gasteiger partial charge in [0, 0.05) is 51.7 Å². The number of rotatable bonds is 8. The Morgan fingerprint density at radius 3 is 2.59 bits per heavy atom. The molecule has 0 amide bonds. The molecule has 154 valence electrons. The first kappa shape index (κ1) is 21.7. The molecule has 0 aliphatic carbocycles. The van der Waals surface area contributed by atoms with E-state index in [4.69, 9.17) is 39.1 Å². The predicted molar refractivity (Wildman–Crippen MR) is 121 cm³/mol. The normalized spacial score (nSPS) is 15.2. The summed E-state index contributed by atoms with van der Waals surface area (Å²) < 4.78 is 6.03. The van der Waals surface area contributed by atoms with Crippen LogP contribution in [-0.2, 0) is 13.2 Å². The number of hydrogen-bond acceptors (Lipinski definition) is 5. The summed E-state index contributed by atoms with van der Waals surface area (Å²) >= 11 is 12.5. The van der Waals surface area contributed by atoms with E-state index >= 15 is 0 Å². The van der Waals surface area contributed by atoms with Crippen molar-refractivity contribution in [3.63, 3.8) is 0 Å². The summed E-state index contributed by atoms with van der Waals surface area (Å²) in [7, 11) is 0. The molecule has 1 heterocycles. The average molecular weight is 433 g/mol. The molecule has 7 heteroatoms. The van der Waals surface area contributed by atoms with Gasteiger partial charge < -0.3 is 26.5 Å². The Kier molecular flexibility index (Phi) is 7.95. The van der Waals surface area contributed by atoms with Crippen LogP contribution in [0.25, 0.3) is 5.57 Å². The third-order valence-electron chi connectivity index (χ3n) is 5.02. The fourth-order valence-electron chi connectivity index (χ4n) is 3.26. The molecule has 0 unspecified atom stereocenters. The van der Waals surface area contributed by atoms with E-state index in [-0.39, 0.29) is 6.61 Å². The molecule has 0 atom stereocenters. The molecule has 0 radical (unpaired) electrons. The first-order chi connectivity index (χ1) is 14.1. The molecule has 2 aromatic rings. The highest BCUT2D eigenvalue weighted by atomic mass is 35.5. The highest BCUT2D eigenvalue weighted by Gasteiger charge is 2.13. The van der Waals surface area contributed by atoms with Crippen molar-refractivity contribution in [1.82, 2.24) is 10.6 Å². The van der Waals surface area contributed by atoms with Crippen molar-refractivity contribution in [1.29, 1.82) is 5.41 Å². The van der Waals surface area contributed by atoms with Crippen molar-refractivity contribution in [2.75, 3.05) is 13.1 Å². The summed E-state index contributed by atoms with van der Waals surface area (Å²) in [6.07, 6.45) is 5.40. The maximum absolute atomic E-state index is 7.83. The van der Waals surface area contributed by atoms with Gasteiger partial charge in [-0.15, -0.1) is 0 Å². The zero-order valence-corrected chi connectivity index (χ0v) is 17.7. The van der Waals surface area contributed by atoms with Crippen molar-refractivity contribution >= 4 is 35.0 Å². The molecule has 1 fully saturated rings. The molecular formula is C22H26Cl2N4O. The lowest BCUT2D eigenvalue weighted by atomic mass is 10.0. The monoisotopic (exact) mass is 432 g/mol. The number of piperidine rings is 1. The molecule has 0 aromatic heterocycles. The standard InChI is InChI=1S/C22H26Cl2N4O/c23-20-2-1-3-21(24)19(20)14-29-22-10-15(4-5-16(22)11-25)17(12-26)13-28-18-6-8-27-9-7-18/h1-5,10,12-13,18,26-28H,6-9,11,14,25H2/b17-13+,26-12?. The summed E-state index contributed by atoms with van der Waals surface area (Å²) in [5, 5.41) is 15.7. The van der Waals surface area contributed by atoms with Crippen LogP contribution >= 0.6 is 23.2 Å². The van der Waals surface area contributed by atoms with Crippen LogP contribution in [0.1, 0.15) is 29.5 Å². The van der Waals surface area contributed by atoms with Gasteiger partial charge in [-0.05, 0) is 49.7 Å². The van der Waals surface area contributed by atoms with E-state index in [0.717, 1.165) is 48.2 Å². The van der Waals surface area contributed by atoms with Crippen LogP contribution in [0, 0.1) is 5.41 Å². The van der Waals surface area contributed by atoms with Crippen molar-refractivity contribution in [2.45, 2.75) is 32.0 Å². The van der Waals surface area contributed by atoms with Gasteiger partial charge in [0.15, 0.2) is 0 Å². The van der Waals surface area contributed by atoms with Gasteiger partial charge in [0.05, 0.1) is 0 Å². The molecule has 1 aliphatic rings. The number of ether oxygens (including phenoxy) is 1. The highest BCUT2D eigenvalue weighted by molar-refractivity contribution is 6.35. The summed E-state index contributed by atoms with van der Waals surface area (Å²) in [6, 6.07) is 11.6. The molecule has 5 nitrogen and oxygen atoms in total. The van der Waals surface area contributed by atoms with E-state index in [1.54, 1.807) is 18.2 Å². The Labute approximate surface area is 181 Å². The Hall–Kier alpha value is -2.05. The SMILES string of the molecule is N=C/C(=C\NC1CCNCC1)c1ccc(CN)c(OCc2c(Cl)cccc2Cl)c1. The Morgan fingerprint density at radius 1 is 1.21 bits per heavy atom. The largest absolute Gasteiger partial charge is 0.488 e. The molecule has 1 saturated heterocycles. The minimum Gasteiger partial charge on any atom is -0.488 e. The van der Waals surface area contributed by atoms with Gasteiger partial charge in [-0.2, -0.15) is 0 Å². The first-order valence-electron chi connectivity index (χ1n) is 9.69.